The van der Waals surface area contributed by atoms with Crippen LogP contribution in [0.5, 0.6) is 0 Å². The summed E-state index contributed by atoms with van der Waals surface area (Å²) in [7, 11) is -1.87. The third-order valence-corrected chi connectivity index (χ3v) is 6.15. The molecule has 0 aromatic carbocycles. The van der Waals surface area contributed by atoms with Crippen LogP contribution in [0.1, 0.15) is 19.8 Å². The van der Waals surface area contributed by atoms with E-state index in [0.717, 1.165) is 18.9 Å². The Bertz CT molecular complexity index is 217. The minimum absolute atomic E-state index is 0.501. The molecule has 1 fully saturated rings. The lowest BCUT2D eigenvalue weighted by atomic mass is 10.1. The summed E-state index contributed by atoms with van der Waals surface area (Å²) in [5.41, 5.74) is -0.230. The van der Waals surface area contributed by atoms with E-state index in [-0.39, 0.29) is 0 Å². The van der Waals surface area contributed by atoms with Crippen molar-refractivity contribution in [2.24, 2.45) is 0 Å². The van der Waals surface area contributed by atoms with Crippen LogP contribution in [0.3, 0.4) is 0 Å². The number of allylic oxidation sites excluding steroid dienone is 1. The van der Waals surface area contributed by atoms with Gasteiger partial charge in [-0.05, 0) is 19.4 Å². The monoisotopic (exact) mass is 238 g/mol. The number of rotatable bonds is 4. The molecular formula is C10H17F3OSi. The lowest BCUT2D eigenvalue weighted by molar-refractivity contribution is 0.0466. The molecule has 5 heteroatoms. The van der Waals surface area contributed by atoms with Crippen LogP contribution >= 0.6 is 0 Å². The van der Waals surface area contributed by atoms with Crippen molar-refractivity contribution in [2.75, 3.05) is 6.61 Å². The van der Waals surface area contributed by atoms with Gasteiger partial charge in [-0.15, -0.1) is 0 Å². The summed E-state index contributed by atoms with van der Waals surface area (Å²) in [6.07, 6.45) is -3.10. The normalized spacial score (nSPS) is 26.3. The first-order valence-corrected chi connectivity index (χ1v) is 7.18. The van der Waals surface area contributed by atoms with Crippen LogP contribution in [0.4, 0.5) is 13.2 Å². The summed E-state index contributed by atoms with van der Waals surface area (Å²) in [6.45, 7) is 5.83. The van der Waals surface area contributed by atoms with E-state index in [4.69, 9.17) is 4.43 Å². The summed E-state index contributed by atoms with van der Waals surface area (Å²) in [5, 5.41) is 0. The van der Waals surface area contributed by atoms with Crippen molar-refractivity contribution in [1.29, 1.82) is 0 Å². The van der Waals surface area contributed by atoms with Crippen LogP contribution < -0.4 is 0 Å². The molecule has 0 radical (unpaired) electrons. The predicted molar refractivity (Wildman–Crippen MR) is 56.6 cm³/mol. The molecule has 1 rings (SSSR count). The highest BCUT2D eigenvalue weighted by atomic mass is 28.3. The first-order chi connectivity index (χ1) is 7.04. The van der Waals surface area contributed by atoms with E-state index in [1.54, 1.807) is 6.92 Å². The number of hydrogen-bond acceptors (Lipinski definition) is 1. The molecule has 0 amide bonds. The zero-order valence-electron chi connectivity index (χ0n) is 8.89. The maximum atomic E-state index is 13.4. The van der Waals surface area contributed by atoms with Crippen molar-refractivity contribution in [3.05, 3.63) is 12.2 Å². The summed E-state index contributed by atoms with van der Waals surface area (Å²) >= 11 is 0. The van der Waals surface area contributed by atoms with E-state index in [9.17, 15) is 13.2 Å². The van der Waals surface area contributed by atoms with Crippen LogP contribution in [0.2, 0.25) is 11.6 Å². The molecule has 0 saturated carbocycles. The SMILES string of the molecule is C=C(C)C(C(F)C(F)F)[SiH]1CCCCO1. The van der Waals surface area contributed by atoms with Crippen molar-refractivity contribution >= 4 is 9.04 Å². The van der Waals surface area contributed by atoms with E-state index in [0.29, 0.717) is 12.2 Å². The molecule has 1 aliphatic rings. The number of alkyl halides is 3. The lowest BCUT2D eigenvalue weighted by Gasteiger charge is -2.31. The summed E-state index contributed by atoms with van der Waals surface area (Å²) in [6, 6.07) is 0.782. The quantitative estimate of drug-likeness (QED) is 0.540. The molecule has 1 heterocycles. The van der Waals surface area contributed by atoms with Gasteiger partial charge >= 0.3 is 0 Å². The van der Waals surface area contributed by atoms with Gasteiger partial charge in [0.1, 0.15) is 0 Å². The Morgan fingerprint density at radius 2 is 2.00 bits per heavy atom. The van der Waals surface area contributed by atoms with E-state index >= 15 is 0 Å². The van der Waals surface area contributed by atoms with Crippen molar-refractivity contribution < 1.29 is 17.6 Å². The van der Waals surface area contributed by atoms with Gasteiger partial charge in [0.2, 0.25) is 0 Å². The van der Waals surface area contributed by atoms with Gasteiger partial charge < -0.3 is 4.43 Å². The second-order valence-corrected chi connectivity index (χ2v) is 6.76. The van der Waals surface area contributed by atoms with Gasteiger partial charge in [-0.2, -0.15) is 0 Å². The van der Waals surface area contributed by atoms with Crippen LogP contribution in [0.25, 0.3) is 0 Å². The molecule has 88 valence electrons. The van der Waals surface area contributed by atoms with Crippen molar-refractivity contribution in [1.82, 2.24) is 0 Å². The highest BCUT2D eigenvalue weighted by molar-refractivity contribution is 6.55. The highest BCUT2D eigenvalue weighted by Crippen LogP contribution is 2.34. The molecule has 0 aromatic heterocycles. The first-order valence-electron chi connectivity index (χ1n) is 5.23. The maximum absolute atomic E-state index is 13.4. The summed E-state index contributed by atoms with van der Waals surface area (Å²) < 4.78 is 43.5. The van der Waals surface area contributed by atoms with Gasteiger partial charge in [0, 0.05) is 12.1 Å². The third-order valence-electron chi connectivity index (χ3n) is 2.77. The molecule has 0 N–H and O–H groups in total. The third kappa shape index (κ3) is 3.34. The Balaban J connectivity index is 2.67. The Kier molecular flexibility index (Phi) is 4.85. The average Bonchev–Trinajstić information content (AvgIpc) is 2.18. The summed E-state index contributed by atoms with van der Waals surface area (Å²) in [5.74, 6) is 0. The fraction of sp³-hybridized carbons (Fsp3) is 0.800. The smallest absolute Gasteiger partial charge is 0.269 e. The Morgan fingerprint density at radius 3 is 2.40 bits per heavy atom. The van der Waals surface area contributed by atoms with Crippen molar-refractivity contribution in [2.45, 2.75) is 43.9 Å². The Hall–Kier alpha value is -0.293. The van der Waals surface area contributed by atoms with Crippen molar-refractivity contribution in [3.8, 4) is 0 Å². The second kappa shape index (κ2) is 5.70. The molecule has 0 aromatic rings. The van der Waals surface area contributed by atoms with E-state index in [2.05, 4.69) is 6.58 Å². The van der Waals surface area contributed by atoms with Crippen molar-refractivity contribution in [3.63, 3.8) is 0 Å². The topological polar surface area (TPSA) is 9.23 Å². The van der Waals surface area contributed by atoms with Gasteiger partial charge in [-0.3, -0.25) is 0 Å². The van der Waals surface area contributed by atoms with Gasteiger partial charge in [-0.1, -0.05) is 18.6 Å². The van der Waals surface area contributed by atoms with Crippen LogP contribution in [-0.2, 0) is 4.43 Å². The predicted octanol–water partition coefficient (Wildman–Crippen LogP) is 3.07. The number of hydrogen-bond donors (Lipinski definition) is 0. The molecule has 1 saturated heterocycles. The minimum atomic E-state index is -2.93. The molecule has 3 atom stereocenters. The van der Waals surface area contributed by atoms with E-state index < -0.39 is 27.2 Å². The van der Waals surface area contributed by atoms with Crippen LogP contribution in [0.15, 0.2) is 12.2 Å². The maximum Gasteiger partial charge on any atom is 0.269 e. The molecular weight excluding hydrogens is 221 g/mol. The zero-order valence-corrected chi connectivity index (χ0v) is 10.0. The minimum Gasteiger partial charge on any atom is -0.419 e. The fourth-order valence-electron chi connectivity index (χ4n) is 2.00. The average molecular weight is 238 g/mol. The lowest BCUT2D eigenvalue weighted by Crippen LogP contribution is -2.37. The molecule has 15 heavy (non-hydrogen) atoms. The molecule has 1 nitrogen and oxygen atoms in total. The zero-order chi connectivity index (χ0) is 11.4. The molecule has 3 unspecified atom stereocenters. The molecule has 0 bridgehead atoms. The Labute approximate surface area is 90.0 Å². The van der Waals surface area contributed by atoms with Crippen LogP contribution in [0, 0.1) is 0 Å². The first kappa shape index (κ1) is 12.8. The van der Waals surface area contributed by atoms with Gasteiger partial charge in [-0.25, -0.2) is 13.2 Å². The van der Waals surface area contributed by atoms with Gasteiger partial charge in [0.05, 0.1) is 0 Å². The summed E-state index contributed by atoms with van der Waals surface area (Å²) in [4.78, 5) is 0. The fourth-order valence-corrected chi connectivity index (χ4v) is 5.11. The molecule has 1 aliphatic heterocycles. The second-order valence-electron chi connectivity index (χ2n) is 4.06. The van der Waals surface area contributed by atoms with Gasteiger partial charge in [0.15, 0.2) is 15.2 Å². The van der Waals surface area contributed by atoms with Gasteiger partial charge in [0.25, 0.3) is 6.43 Å². The Morgan fingerprint density at radius 1 is 1.33 bits per heavy atom. The van der Waals surface area contributed by atoms with E-state index in [1.165, 1.54) is 0 Å². The van der Waals surface area contributed by atoms with E-state index in [1.807, 2.05) is 0 Å². The standard InChI is InChI=1S/C10H17F3OSi/c1-7(2)9(8(11)10(12)13)15-6-4-3-5-14-15/h8-10,15H,1,3-6H2,2H3. The number of halogens is 3. The van der Waals surface area contributed by atoms with Crippen LogP contribution in [-0.4, -0.2) is 28.2 Å². The molecule has 0 aliphatic carbocycles. The highest BCUT2D eigenvalue weighted by Gasteiger charge is 2.38. The largest absolute Gasteiger partial charge is 0.419 e. The molecule has 0 spiro atoms.